The molecule has 0 saturated heterocycles. The number of hydrogen-bond donors (Lipinski definition) is 0. The molecule has 7 heterocycles. The summed E-state index contributed by atoms with van der Waals surface area (Å²) in [5, 5.41) is 10.1. The van der Waals surface area contributed by atoms with Crippen LogP contribution in [-0.4, -0.2) is 24.5 Å². The predicted octanol–water partition coefficient (Wildman–Crippen LogP) is 21.8. The quantitative estimate of drug-likeness (QED) is 0.151. The molecule has 0 aromatic carbocycles. The van der Waals surface area contributed by atoms with Gasteiger partial charge in [0.2, 0.25) is 0 Å². The fraction of sp³-hybridized carbons (Fsp3) is 0.643. The monoisotopic (exact) mass is 1160 g/mol. The zero-order chi connectivity index (χ0) is 63.0. The topological polar surface area (TPSA) is 74.8 Å². The molecule has 0 radical (unpaired) electrons. The summed E-state index contributed by atoms with van der Waals surface area (Å²) >= 11 is 5.63. The van der Waals surface area contributed by atoms with Crippen molar-refractivity contribution in [1.29, 1.82) is 0 Å². The molecule has 0 aliphatic carbocycles. The second-order valence-corrected chi connectivity index (χ2v) is 34.4. The number of hydrogen-bond acceptors (Lipinski definition) is 8. The Morgan fingerprint density at radius 1 is 0.375 bits per heavy atom. The molecule has 7 aromatic rings. The van der Waals surface area contributed by atoms with Gasteiger partial charge in [0.15, 0.2) is 0 Å². The Morgan fingerprint density at radius 3 is 1.01 bits per heavy atom. The first-order valence-electron chi connectivity index (χ1n) is 28.9. The van der Waals surface area contributed by atoms with Crippen molar-refractivity contribution in [3.63, 3.8) is 0 Å². The zero-order valence-corrected chi connectivity index (χ0v) is 60.7. The highest BCUT2D eigenvalue weighted by Crippen LogP contribution is 2.36. The molecule has 7 rings (SSSR count). The molecule has 0 aliphatic heterocycles. The van der Waals surface area contributed by atoms with E-state index in [1.54, 1.807) is 0 Å². The van der Waals surface area contributed by atoms with Crippen molar-refractivity contribution >= 4 is 34.0 Å². The number of nitrogens with zero attached hydrogens (tertiary/aromatic N) is 5. The van der Waals surface area contributed by atoms with E-state index < -0.39 is 0 Å². The summed E-state index contributed by atoms with van der Waals surface area (Å²) in [6.07, 6.45) is 4.20. The van der Waals surface area contributed by atoms with Crippen LogP contribution in [0, 0.1) is 76.2 Å². The van der Waals surface area contributed by atoms with Gasteiger partial charge in [-0.25, -0.2) is 4.98 Å². The van der Waals surface area contributed by atoms with Gasteiger partial charge in [-0.2, -0.15) is 10.2 Å². The molecule has 0 aliphatic rings. The van der Waals surface area contributed by atoms with Gasteiger partial charge in [-0.3, -0.25) is 9.36 Å². The highest BCUT2D eigenvalue weighted by atomic mass is 32.1. The molecule has 7 aromatic heterocycles. The van der Waals surface area contributed by atoms with E-state index in [1.165, 1.54) is 79.9 Å². The summed E-state index contributed by atoms with van der Waals surface area (Å²) in [5.74, 6) is 4.17. The van der Waals surface area contributed by atoms with Crippen molar-refractivity contribution < 1.29 is 8.83 Å². The maximum Gasteiger partial charge on any atom is 0.112 e. The molecule has 0 bridgehead atoms. The molecular formula is C70H117N5O2S3. The molecule has 452 valence electrons. The Balaban J connectivity index is 0.000000467. The van der Waals surface area contributed by atoms with Crippen LogP contribution in [0.25, 0.3) is 0 Å². The summed E-state index contributed by atoms with van der Waals surface area (Å²) in [5.41, 5.74) is 13.5. The average Bonchev–Trinajstić information content (AvgIpc) is 4.11. The fourth-order valence-electron chi connectivity index (χ4n) is 9.69. The summed E-state index contributed by atoms with van der Waals surface area (Å²) in [6, 6.07) is 8.78. The van der Waals surface area contributed by atoms with Crippen LogP contribution in [0.4, 0.5) is 0 Å². The zero-order valence-electron chi connectivity index (χ0n) is 58.2. The summed E-state index contributed by atoms with van der Waals surface area (Å²) in [4.78, 5) is 11.6. The number of rotatable bonds is 0. The fourth-order valence-corrected chi connectivity index (χ4v) is 12.9. The first-order chi connectivity index (χ1) is 35.6. The molecule has 0 spiro atoms. The van der Waals surface area contributed by atoms with Crippen LogP contribution in [0.15, 0.2) is 45.5 Å². The first kappa shape index (κ1) is 74.0. The molecular weight excluding hydrogens is 1040 g/mol. The van der Waals surface area contributed by atoms with Crippen molar-refractivity contribution in [1.82, 2.24) is 24.5 Å². The van der Waals surface area contributed by atoms with Crippen molar-refractivity contribution in [2.75, 3.05) is 0 Å². The lowest BCUT2D eigenvalue weighted by molar-refractivity contribution is 0.393. The Morgan fingerprint density at radius 2 is 0.812 bits per heavy atom. The molecule has 10 heteroatoms. The van der Waals surface area contributed by atoms with Gasteiger partial charge in [-0.15, -0.1) is 34.0 Å². The van der Waals surface area contributed by atoms with E-state index in [0.717, 1.165) is 23.0 Å². The van der Waals surface area contributed by atoms with E-state index in [2.05, 4.69) is 273 Å². The lowest BCUT2D eigenvalue weighted by Gasteiger charge is -2.24. The number of aryl methyl sites for hydroxylation is 13. The minimum Gasteiger partial charge on any atom is -0.466 e. The number of aromatic nitrogens is 5. The van der Waals surface area contributed by atoms with Gasteiger partial charge < -0.3 is 8.83 Å². The number of thiazole rings is 1. The van der Waals surface area contributed by atoms with Crippen LogP contribution in [-0.2, 0) is 57.4 Å². The van der Waals surface area contributed by atoms with Crippen molar-refractivity contribution in [3.8, 4) is 0 Å². The lowest BCUT2D eigenvalue weighted by Crippen LogP contribution is -2.20. The van der Waals surface area contributed by atoms with Gasteiger partial charge in [0.05, 0.1) is 22.1 Å². The lowest BCUT2D eigenvalue weighted by atomic mass is 9.80. The van der Waals surface area contributed by atoms with Crippen molar-refractivity contribution in [2.24, 2.45) is 14.1 Å². The average molecular weight is 1160 g/mol. The van der Waals surface area contributed by atoms with Gasteiger partial charge in [-0.05, 0) is 161 Å². The molecule has 0 N–H and O–H groups in total. The Kier molecular flexibility index (Phi) is 26.0. The van der Waals surface area contributed by atoms with Crippen LogP contribution in [0.3, 0.4) is 0 Å². The Hall–Kier alpha value is -3.99. The van der Waals surface area contributed by atoms with Crippen LogP contribution in [0.2, 0.25) is 0 Å². The van der Waals surface area contributed by atoms with Gasteiger partial charge in [0.1, 0.15) is 23.0 Å². The van der Waals surface area contributed by atoms with E-state index in [-0.39, 0.29) is 32.5 Å². The van der Waals surface area contributed by atoms with E-state index in [4.69, 9.17) is 8.83 Å². The van der Waals surface area contributed by atoms with E-state index in [1.807, 2.05) is 78.2 Å². The predicted molar refractivity (Wildman–Crippen MR) is 356 cm³/mol. The summed E-state index contributed by atoms with van der Waals surface area (Å²) < 4.78 is 14.8. The molecule has 0 fully saturated rings. The minimum atomic E-state index is 0.129. The highest BCUT2D eigenvalue weighted by Gasteiger charge is 2.29. The number of furan rings is 2. The summed E-state index contributed by atoms with van der Waals surface area (Å²) in [7, 11) is 3.95. The third kappa shape index (κ3) is 24.1. The molecule has 80 heavy (non-hydrogen) atoms. The third-order valence-electron chi connectivity index (χ3n) is 12.8. The van der Waals surface area contributed by atoms with Crippen LogP contribution < -0.4 is 0 Å². The second kappa shape index (κ2) is 28.1. The van der Waals surface area contributed by atoms with Gasteiger partial charge in [0, 0.05) is 67.1 Å². The summed E-state index contributed by atoms with van der Waals surface area (Å²) in [6.45, 7) is 76.4. The standard InChI is InChI=1S/C12H22N2.2C10H16O.2C10H16S.C9H16N2.C9H15NS/c1-11(2,3)9-8-14(7)13-10(9)12(4,5)6;1-7-6-9(8(2)11-7)10(3,4)5;1-7-6-8(2)11-9(7)10(3,4)5;1-7-6-9(8(2)11-7)10(3,4)5;1-7-6-8(2)11-9(7)10(3,4)5;1-7-6-11(5)10-8(7)9(2,3)4;1-6-8(9(3,4)5)11-7(2)10-6/h8H,1-7H3;5*6H,1-5H3;1-5H3. The normalized spacial score (nSPS) is 12.3. The van der Waals surface area contributed by atoms with Gasteiger partial charge in [-0.1, -0.05) is 166 Å². The molecule has 0 amide bonds. The Labute approximate surface area is 503 Å². The second-order valence-electron chi connectivity index (χ2n) is 30.4. The molecule has 0 saturated carbocycles. The maximum absolute atomic E-state index is 5.58. The van der Waals surface area contributed by atoms with E-state index in [0.29, 0.717) is 10.8 Å². The van der Waals surface area contributed by atoms with Gasteiger partial charge in [0.25, 0.3) is 0 Å². The molecule has 7 nitrogen and oxygen atoms in total. The third-order valence-corrected chi connectivity index (χ3v) is 16.8. The Bertz CT molecular complexity index is 2510. The molecule has 0 atom stereocenters. The van der Waals surface area contributed by atoms with Crippen LogP contribution >= 0.6 is 34.0 Å². The van der Waals surface area contributed by atoms with Gasteiger partial charge >= 0.3 is 0 Å². The van der Waals surface area contributed by atoms with Crippen LogP contribution in [0.1, 0.15) is 269 Å². The largest absolute Gasteiger partial charge is 0.466 e. The molecule has 0 unspecified atom stereocenters. The van der Waals surface area contributed by atoms with Crippen molar-refractivity contribution in [2.45, 2.75) is 286 Å². The first-order valence-corrected chi connectivity index (χ1v) is 31.3. The number of thiophene rings is 2. The van der Waals surface area contributed by atoms with Crippen molar-refractivity contribution in [3.05, 3.63) is 140 Å². The SMILES string of the molecule is Cc1cc(C(C)(C)C)c(C)o1.Cc1cc(C(C)(C)C)c(C)s1.Cc1cc(C)c(C(C)(C)C)o1.Cc1cc(C)c(C(C)(C)C)s1.Cc1cn(C)nc1C(C)(C)C.Cc1nc(C)c(C(C)(C)C)s1.Cn1cc(C(C)(C)C)c(C(C)(C)C)n1. The maximum atomic E-state index is 5.58. The smallest absolute Gasteiger partial charge is 0.112 e. The van der Waals surface area contributed by atoms with E-state index in [9.17, 15) is 0 Å². The minimum absolute atomic E-state index is 0.129. The van der Waals surface area contributed by atoms with E-state index >= 15 is 0 Å². The highest BCUT2D eigenvalue weighted by molar-refractivity contribution is 7.12. The van der Waals surface area contributed by atoms with Crippen LogP contribution in [0.5, 0.6) is 0 Å².